The monoisotopic (exact) mass is 210 g/mol. The van der Waals surface area contributed by atoms with Gasteiger partial charge in [-0.1, -0.05) is 0 Å². The summed E-state index contributed by atoms with van der Waals surface area (Å²) >= 11 is 0. The normalized spacial score (nSPS) is 17.7. The molecule has 2 rings (SSSR count). The number of carbonyl (C=O) groups is 1. The van der Waals surface area contributed by atoms with Gasteiger partial charge in [0.2, 0.25) is 0 Å². The fourth-order valence-electron chi connectivity index (χ4n) is 1.72. The van der Waals surface area contributed by atoms with Gasteiger partial charge in [0.05, 0.1) is 6.42 Å². The van der Waals surface area contributed by atoms with Crippen LogP contribution in [0, 0.1) is 0 Å². The number of aliphatic carboxylic acids is 1. The molecule has 0 bridgehead atoms. The lowest BCUT2D eigenvalue weighted by molar-refractivity contribution is -0.137. The number of nitrogens with zero attached hydrogens (tertiary/aromatic N) is 2. The number of carboxylic acids is 1. The van der Waals surface area contributed by atoms with E-state index in [0.29, 0.717) is 6.04 Å². The van der Waals surface area contributed by atoms with E-state index < -0.39 is 5.97 Å². The van der Waals surface area contributed by atoms with Gasteiger partial charge in [0, 0.05) is 24.5 Å². The first kappa shape index (κ1) is 10.0. The molecule has 1 aliphatic rings. The van der Waals surface area contributed by atoms with Gasteiger partial charge in [-0.2, -0.15) is 0 Å². The molecule has 5 heteroatoms. The standard InChI is InChI=1S/C10H14N2O3/c1-7(6-9(13)14)11-4-5-12(10(11)15)8-2-3-8/h4-5,7-8H,2-3,6H2,1H3,(H,13,14). The molecule has 82 valence electrons. The predicted molar refractivity (Wildman–Crippen MR) is 53.9 cm³/mol. The van der Waals surface area contributed by atoms with Gasteiger partial charge in [0.25, 0.3) is 0 Å². The molecule has 1 aromatic rings. The molecule has 5 nitrogen and oxygen atoms in total. The second-order valence-corrected chi connectivity index (χ2v) is 4.07. The third kappa shape index (κ3) is 1.95. The maximum atomic E-state index is 11.8. The van der Waals surface area contributed by atoms with E-state index in [2.05, 4.69) is 0 Å². The van der Waals surface area contributed by atoms with Crippen molar-refractivity contribution in [2.45, 2.75) is 38.3 Å². The zero-order chi connectivity index (χ0) is 11.0. The second kappa shape index (κ2) is 3.56. The molecule has 0 amide bonds. The Morgan fingerprint density at radius 2 is 2.27 bits per heavy atom. The van der Waals surface area contributed by atoms with Crippen molar-refractivity contribution in [1.29, 1.82) is 0 Å². The first-order valence-corrected chi connectivity index (χ1v) is 5.10. The summed E-state index contributed by atoms with van der Waals surface area (Å²) in [7, 11) is 0. The van der Waals surface area contributed by atoms with Crippen molar-refractivity contribution >= 4 is 5.97 Å². The molecule has 1 saturated carbocycles. The molecule has 1 unspecified atom stereocenters. The molecule has 0 aliphatic heterocycles. The topological polar surface area (TPSA) is 64.2 Å². The van der Waals surface area contributed by atoms with Crippen molar-refractivity contribution in [2.24, 2.45) is 0 Å². The van der Waals surface area contributed by atoms with Gasteiger partial charge in [0.1, 0.15) is 0 Å². The van der Waals surface area contributed by atoms with Crippen LogP contribution in [0.3, 0.4) is 0 Å². The summed E-state index contributed by atoms with van der Waals surface area (Å²) in [4.78, 5) is 22.3. The molecule has 1 N–H and O–H groups in total. The second-order valence-electron chi connectivity index (χ2n) is 4.07. The van der Waals surface area contributed by atoms with Crippen molar-refractivity contribution in [3.63, 3.8) is 0 Å². The highest BCUT2D eigenvalue weighted by atomic mass is 16.4. The zero-order valence-electron chi connectivity index (χ0n) is 8.59. The lowest BCUT2D eigenvalue weighted by Crippen LogP contribution is -2.26. The highest BCUT2D eigenvalue weighted by Crippen LogP contribution is 2.33. The third-order valence-corrected chi connectivity index (χ3v) is 2.71. The Kier molecular flexibility index (Phi) is 2.38. The smallest absolute Gasteiger partial charge is 0.328 e. The van der Waals surface area contributed by atoms with E-state index >= 15 is 0 Å². The van der Waals surface area contributed by atoms with Crippen LogP contribution >= 0.6 is 0 Å². The maximum Gasteiger partial charge on any atom is 0.328 e. The molecule has 1 fully saturated rings. The Morgan fingerprint density at radius 3 is 2.80 bits per heavy atom. The minimum atomic E-state index is -0.881. The summed E-state index contributed by atoms with van der Waals surface area (Å²) < 4.78 is 3.19. The van der Waals surface area contributed by atoms with Crippen LogP contribution in [0.5, 0.6) is 0 Å². The van der Waals surface area contributed by atoms with Gasteiger partial charge in [-0.3, -0.25) is 13.9 Å². The third-order valence-electron chi connectivity index (χ3n) is 2.71. The van der Waals surface area contributed by atoms with Crippen LogP contribution in [-0.2, 0) is 4.79 Å². The molecule has 1 heterocycles. The molecule has 0 saturated heterocycles. The molecule has 1 aromatic heterocycles. The molecule has 0 radical (unpaired) electrons. The highest BCUT2D eigenvalue weighted by molar-refractivity contribution is 5.67. The molecule has 0 spiro atoms. The van der Waals surface area contributed by atoms with E-state index in [4.69, 9.17) is 5.11 Å². The molecule has 1 aliphatic carbocycles. The summed E-state index contributed by atoms with van der Waals surface area (Å²) in [5, 5.41) is 8.64. The van der Waals surface area contributed by atoms with Crippen molar-refractivity contribution in [2.75, 3.05) is 0 Å². The number of imidazole rings is 1. The van der Waals surface area contributed by atoms with Crippen LogP contribution < -0.4 is 5.69 Å². The Balaban J connectivity index is 2.21. The van der Waals surface area contributed by atoms with Crippen molar-refractivity contribution in [3.05, 3.63) is 22.9 Å². The molecule has 1 atom stereocenters. The SMILES string of the molecule is CC(CC(=O)O)n1ccn(C2CC2)c1=O. The van der Waals surface area contributed by atoms with Gasteiger partial charge in [-0.05, 0) is 19.8 Å². The van der Waals surface area contributed by atoms with Crippen LogP contribution in [0.1, 0.15) is 38.3 Å². The number of rotatable bonds is 4. The summed E-state index contributed by atoms with van der Waals surface area (Å²) in [5.41, 5.74) is -0.0914. The number of hydrogen-bond acceptors (Lipinski definition) is 2. The largest absolute Gasteiger partial charge is 0.481 e. The molecular formula is C10H14N2O3. The summed E-state index contributed by atoms with van der Waals surface area (Å²) in [6.45, 7) is 1.74. The Morgan fingerprint density at radius 1 is 1.60 bits per heavy atom. The van der Waals surface area contributed by atoms with E-state index in [9.17, 15) is 9.59 Å². The van der Waals surface area contributed by atoms with Crippen LogP contribution in [-0.4, -0.2) is 20.2 Å². The Bertz CT molecular complexity index is 428. The average Bonchev–Trinajstić information content (AvgIpc) is 2.89. The summed E-state index contributed by atoms with van der Waals surface area (Å²) in [5.74, 6) is -0.881. The van der Waals surface area contributed by atoms with Crippen molar-refractivity contribution in [3.8, 4) is 0 Å². The maximum absolute atomic E-state index is 11.8. The van der Waals surface area contributed by atoms with E-state index in [-0.39, 0.29) is 18.2 Å². The molecular weight excluding hydrogens is 196 g/mol. The van der Waals surface area contributed by atoms with Crippen molar-refractivity contribution < 1.29 is 9.90 Å². The number of carboxylic acid groups (broad SMARTS) is 1. The number of aromatic nitrogens is 2. The predicted octanol–water partition coefficient (Wildman–Crippen LogP) is 1.02. The number of hydrogen-bond donors (Lipinski definition) is 1. The average molecular weight is 210 g/mol. The summed E-state index contributed by atoms with van der Waals surface area (Å²) in [6.07, 6.45) is 5.51. The van der Waals surface area contributed by atoms with E-state index in [0.717, 1.165) is 12.8 Å². The van der Waals surface area contributed by atoms with Gasteiger partial charge in [-0.25, -0.2) is 4.79 Å². The van der Waals surface area contributed by atoms with Gasteiger partial charge >= 0.3 is 11.7 Å². The van der Waals surface area contributed by atoms with Gasteiger partial charge in [-0.15, -0.1) is 0 Å². The molecule has 0 aromatic carbocycles. The first-order valence-electron chi connectivity index (χ1n) is 5.10. The summed E-state index contributed by atoms with van der Waals surface area (Å²) in [6, 6.07) is 0.0609. The molecule has 15 heavy (non-hydrogen) atoms. The Labute approximate surface area is 86.9 Å². The lowest BCUT2D eigenvalue weighted by Gasteiger charge is -2.08. The fourth-order valence-corrected chi connectivity index (χ4v) is 1.72. The Hall–Kier alpha value is -1.52. The quantitative estimate of drug-likeness (QED) is 0.806. The van der Waals surface area contributed by atoms with Gasteiger partial charge in [0.15, 0.2) is 0 Å². The van der Waals surface area contributed by atoms with Crippen LogP contribution in [0.2, 0.25) is 0 Å². The minimum absolute atomic E-state index is 0.0193. The fraction of sp³-hybridized carbons (Fsp3) is 0.600. The lowest BCUT2D eigenvalue weighted by atomic mass is 10.2. The van der Waals surface area contributed by atoms with Crippen LogP contribution in [0.25, 0.3) is 0 Å². The first-order chi connectivity index (χ1) is 7.09. The minimum Gasteiger partial charge on any atom is -0.481 e. The highest BCUT2D eigenvalue weighted by Gasteiger charge is 2.26. The van der Waals surface area contributed by atoms with Gasteiger partial charge < -0.3 is 5.11 Å². The zero-order valence-corrected chi connectivity index (χ0v) is 8.59. The van der Waals surface area contributed by atoms with Crippen LogP contribution in [0.15, 0.2) is 17.2 Å². The van der Waals surface area contributed by atoms with E-state index in [1.807, 2.05) is 0 Å². The van der Waals surface area contributed by atoms with Crippen LogP contribution in [0.4, 0.5) is 0 Å². The van der Waals surface area contributed by atoms with E-state index in [1.54, 1.807) is 23.9 Å². The van der Waals surface area contributed by atoms with Crippen molar-refractivity contribution in [1.82, 2.24) is 9.13 Å². The van der Waals surface area contributed by atoms with E-state index in [1.165, 1.54) is 4.57 Å².